The Bertz CT molecular complexity index is 695. The van der Waals surface area contributed by atoms with Crippen molar-refractivity contribution in [3.8, 4) is 11.5 Å². The van der Waals surface area contributed by atoms with E-state index < -0.39 is 5.97 Å². The van der Waals surface area contributed by atoms with Gasteiger partial charge in [-0.05, 0) is 19.1 Å². The molecule has 0 aliphatic rings. The molecule has 0 amide bonds. The Labute approximate surface area is 148 Å². The van der Waals surface area contributed by atoms with Gasteiger partial charge < -0.3 is 9.84 Å². The number of aromatic carboxylic acids is 1. The van der Waals surface area contributed by atoms with Crippen LogP contribution in [0.15, 0.2) is 24.3 Å². The zero-order valence-electron chi connectivity index (χ0n) is 10.2. The second-order valence-corrected chi connectivity index (χ2v) is 5.11. The summed E-state index contributed by atoms with van der Waals surface area (Å²) in [6, 6.07) is 6.10. The molecule has 0 aliphatic carbocycles. The normalized spacial score (nSPS) is 9.90. The summed E-state index contributed by atoms with van der Waals surface area (Å²) >= 11 is 17.7. The molecule has 0 atom stereocenters. The van der Waals surface area contributed by atoms with Crippen LogP contribution in [0.5, 0.6) is 11.5 Å². The molecule has 1 heterocycles. The number of ether oxygens (including phenoxy) is 1. The quantitative estimate of drug-likeness (QED) is 0.672. The Balaban J connectivity index is 0.00000220. The fourth-order valence-electron chi connectivity index (χ4n) is 1.55. The number of carboxylic acids is 1. The molecule has 4 nitrogen and oxygen atoms in total. The number of rotatable bonds is 3. The molecule has 0 bridgehead atoms. The van der Waals surface area contributed by atoms with E-state index in [1.54, 1.807) is 19.1 Å². The maximum atomic E-state index is 11.2. The third-order valence-corrected chi connectivity index (χ3v) is 3.22. The Morgan fingerprint density at radius 2 is 1.86 bits per heavy atom. The van der Waals surface area contributed by atoms with Crippen LogP contribution in [0.4, 0.5) is 0 Å². The summed E-state index contributed by atoms with van der Waals surface area (Å²) in [5.41, 5.74) is 0.293. The van der Waals surface area contributed by atoms with Crippen molar-refractivity contribution in [3.63, 3.8) is 0 Å². The molecular weight excluding hydrogens is 331 g/mol. The van der Waals surface area contributed by atoms with Gasteiger partial charge in [-0.3, -0.25) is 0 Å². The Hall–Kier alpha value is -0.893. The van der Waals surface area contributed by atoms with E-state index in [1.165, 1.54) is 12.1 Å². The number of pyridine rings is 1. The second kappa shape index (κ2) is 7.39. The molecule has 1 N–H and O–H groups in total. The zero-order valence-corrected chi connectivity index (χ0v) is 12.4. The van der Waals surface area contributed by atoms with Crippen LogP contribution in [-0.2, 0) is 0 Å². The van der Waals surface area contributed by atoms with Crippen molar-refractivity contribution < 1.29 is 14.6 Å². The second-order valence-electron chi connectivity index (χ2n) is 3.91. The van der Waals surface area contributed by atoms with Crippen LogP contribution in [0.2, 0.25) is 15.2 Å². The number of carboxylic acid groups (broad SMARTS) is 1. The van der Waals surface area contributed by atoms with Crippen LogP contribution in [0.1, 0.15) is 16.1 Å². The number of carbonyl (C=O) groups is 1. The van der Waals surface area contributed by atoms with E-state index in [0.717, 1.165) is 0 Å². The van der Waals surface area contributed by atoms with E-state index in [0.29, 0.717) is 15.7 Å². The van der Waals surface area contributed by atoms with E-state index in [2.05, 4.69) is 4.98 Å². The van der Waals surface area contributed by atoms with Gasteiger partial charge in [0.2, 0.25) is 0 Å². The monoisotopic (exact) mass is 339 g/mol. The number of hydrogen-bond acceptors (Lipinski definition) is 3. The standard InChI is InChI=1S/C13H8Cl3NO3.Li.H/c1-6-4-10(11(13(18)19)12(16)17-6)20-9-5-7(14)2-3-8(9)15;;/h2-5H,1H3,(H,18,19);;. The molecule has 1 aromatic heterocycles. The molecule has 2 aromatic rings. The van der Waals surface area contributed by atoms with Gasteiger partial charge in [0.05, 0.1) is 5.02 Å². The van der Waals surface area contributed by atoms with Crippen molar-refractivity contribution in [2.75, 3.05) is 0 Å². The summed E-state index contributed by atoms with van der Waals surface area (Å²) < 4.78 is 5.52. The van der Waals surface area contributed by atoms with E-state index >= 15 is 0 Å². The Kier molecular flexibility index (Phi) is 6.39. The van der Waals surface area contributed by atoms with E-state index in [-0.39, 0.29) is 41.1 Å². The fourth-order valence-corrected chi connectivity index (χ4v) is 2.18. The molecular formula is C13H9Cl3LiNO3. The van der Waals surface area contributed by atoms with Crippen LogP contribution >= 0.6 is 34.8 Å². The molecule has 2 rings (SSSR count). The maximum absolute atomic E-state index is 11.2. The molecule has 0 saturated carbocycles. The van der Waals surface area contributed by atoms with Gasteiger partial charge in [0, 0.05) is 22.8 Å². The average Bonchev–Trinajstić information content (AvgIpc) is 2.32. The fraction of sp³-hybridized carbons (Fsp3) is 0.0769. The first kappa shape index (κ1) is 18.2. The number of benzene rings is 1. The SMILES string of the molecule is Cc1cc(Oc2cc(Cl)ccc2Cl)c(C(=O)O)c(Cl)n1.[LiH]. The topological polar surface area (TPSA) is 59.4 Å². The molecule has 21 heavy (non-hydrogen) atoms. The van der Waals surface area contributed by atoms with E-state index in [4.69, 9.17) is 39.5 Å². The summed E-state index contributed by atoms with van der Waals surface area (Å²) in [5, 5.41) is 9.75. The number of halogens is 3. The van der Waals surface area contributed by atoms with Crippen molar-refractivity contribution in [3.05, 3.63) is 50.7 Å². The average molecular weight is 341 g/mol. The first-order valence-electron chi connectivity index (χ1n) is 5.42. The third kappa shape index (κ3) is 4.29. The third-order valence-electron chi connectivity index (χ3n) is 2.39. The molecule has 0 spiro atoms. The molecule has 0 aliphatic heterocycles. The number of aryl methyl sites for hydroxylation is 1. The summed E-state index contributed by atoms with van der Waals surface area (Å²) in [6.45, 7) is 1.67. The number of aromatic nitrogens is 1. The summed E-state index contributed by atoms with van der Waals surface area (Å²) in [4.78, 5) is 15.1. The van der Waals surface area contributed by atoms with Crippen LogP contribution in [0.25, 0.3) is 0 Å². The molecule has 106 valence electrons. The minimum atomic E-state index is -1.24. The van der Waals surface area contributed by atoms with Crippen LogP contribution in [0, 0.1) is 6.92 Å². The molecule has 1 aromatic carbocycles. The first-order chi connectivity index (χ1) is 9.38. The van der Waals surface area contributed by atoms with Crippen molar-refractivity contribution in [2.45, 2.75) is 6.92 Å². The van der Waals surface area contributed by atoms with Gasteiger partial charge in [-0.15, -0.1) is 0 Å². The predicted octanol–water partition coefficient (Wildman–Crippen LogP) is 4.19. The molecule has 0 radical (unpaired) electrons. The van der Waals surface area contributed by atoms with Gasteiger partial charge in [0.25, 0.3) is 0 Å². The number of nitrogens with zero attached hydrogens (tertiary/aromatic N) is 1. The molecule has 0 saturated heterocycles. The zero-order chi connectivity index (χ0) is 14.9. The van der Waals surface area contributed by atoms with Crippen LogP contribution in [0.3, 0.4) is 0 Å². The summed E-state index contributed by atoms with van der Waals surface area (Å²) in [5.74, 6) is -0.946. The van der Waals surface area contributed by atoms with E-state index in [9.17, 15) is 9.90 Å². The van der Waals surface area contributed by atoms with Gasteiger partial charge in [-0.25, -0.2) is 9.78 Å². The summed E-state index contributed by atoms with van der Waals surface area (Å²) in [6.07, 6.45) is 0. The predicted molar refractivity (Wildman–Crippen MR) is 84.6 cm³/mol. The van der Waals surface area contributed by atoms with Crippen molar-refractivity contribution >= 4 is 59.6 Å². The van der Waals surface area contributed by atoms with Gasteiger partial charge in [-0.1, -0.05) is 34.8 Å². The molecule has 0 fully saturated rings. The van der Waals surface area contributed by atoms with Crippen LogP contribution < -0.4 is 4.74 Å². The Morgan fingerprint density at radius 1 is 1.19 bits per heavy atom. The van der Waals surface area contributed by atoms with Gasteiger partial charge in [0.1, 0.15) is 22.2 Å². The minimum absolute atomic E-state index is 0. The first-order valence-corrected chi connectivity index (χ1v) is 6.55. The Morgan fingerprint density at radius 3 is 2.48 bits per heavy atom. The van der Waals surface area contributed by atoms with Crippen molar-refractivity contribution in [1.29, 1.82) is 0 Å². The van der Waals surface area contributed by atoms with Gasteiger partial charge in [-0.2, -0.15) is 0 Å². The van der Waals surface area contributed by atoms with Crippen LogP contribution in [-0.4, -0.2) is 34.9 Å². The van der Waals surface area contributed by atoms with E-state index in [1.807, 2.05) is 0 Å². The van der Waals surface area contributed by atoms with Gasteiger partial charge >= 0.3 is 24.8 Å². The number of hydrogen-bond donors (Lipinski definition) is 1. The van der Waals surface area contributed by atoms with Gasteiger partial charge in [0.15, 0.2) is 0 Å². The molecule has 8 heteroatoms. The van der Waals surface area contributed by atoms with Crippen molar-refractivity contribution in [1.82, 2.24) is 4.98 Å². The van der Waals surface area contributed by atoms with Crippen molar-refractivity contribution in [2.24, 2.45) is 0 Å². The molecule has 0 unspecified atom stereocenters. The summed E-state index contributed by atoms with van der Waals surface area (Å²) in [7, 11) is 0.